The van der Waals surface area contributed by atoms with E-state index in [1.165, 1.54) is 23.0 Å². The first-order chi connectivity index (χ1) is 46.5. The Morgan fingerprint density at radius 3 is 1.60 bits per heavy atom. The summed E-state index contributed by atoms with van der Waals surface area (Å²) < 4.78 is 23.4. The molecule has 3 aliphatic rings. The van der Waals surface area contributed by atoms with Crippen molar-refractivity contribution in [2.45, 2.75) is 19.5 Å². The molecule has 0 bridgehead atoms. The number of furan rings is 1. The summed E-state index contributed by atoms with van der Waals surface area (Å²) in [6, 6.07) is 44.6. The predicted octanol–water partition coefficient (Wildman–Crippen LogP) is 8.81. The number of piperazine rings is 3. The molecule has 3 saturated heterocycles. The molecule has 22 nitrogen and oxygen atoms in total. The Kier molecular flexibility index (Phi) is 20.4. The van der Waals surface area contributed by atoms with Gasteiger partial charge in [-0.15, -0.1) is 0 Å². The van der Waals surface area contributed by atoms with Gasteiger partial charge in [0.15, 0.2) is 5.76 Å². The van der Waals surface area contributed by atoms with Gasteiger partial charge in [0.05, 0.1) is 46.4 Å². The molecule has 3 aliphatic heterocycles. The van der Waals surface area contributed by atoms with Crippen molar-refractivity contribution in [2.75, 3.05) is 114 Å². The zero-order valence-electron chi connectivity index (χ0n) is 52.9. The van der Waals surface area contributed by atoms with Gasteiger partial charge < -0.3 is 52.4 Å². The van der Waals surface area contributed by atoms with E-state index in [9.17, 15) is 48.9 Å². The molecule has 0 aliphatic carbocycles. The maximum absolute atomic E-state index is 13.5. The maximum Gasteiger partial charge on any atom is 0.289 e. The van der Waals surface area contributed by atoms with Gasteiger partial charge >= 0.3 is 0 Å². The maximum atomic E-state index is 13.5. The van der Waals surface area contributed by atoms with Gasteiger partial charge in [-0.05, 0) is 118 Å². The molecule has 25 heteroatoms. The summed E-state index contributed by atoms with van der Waals surface area (Å²) in [6.07, 6.45) is 3.81. The molecular formula is C71H66Cl2FN15O7. The molecule has 488 valence electrons. The molecule has 0 unspecified atom stereocenters. The molecule has 0 spiro atoms. The van der Waals surface area contributed by atoms with Crippen molar-refractivity contribution in [3.63, 3.8) is 0 Å². The van der Waals surface area contributed by atoms with Gasteiger partial charge in [-0.1, -0.05) is 71.7 Å². The number of nitriles is 3. The number of nitrogens with one attached hydrogen (secondary N) is 1. The molecule has 0 radical (unpaired) electrons. The van der Waals surface area contributed by atoms with Crippen molar-refractivity contribution >= 4 is 90.7 Å². The van der Waals surface area contributed by atoms with Crippen LogP contribution in [0.2, 0.25) is 10.0 Å². The lowest BCUT2D eigenvalue weighted by Crippen LogP contribution is -2.49. The number of nitrogens with zero attached hydrogens (tertiary/aromatic N) is 14. The normalized spacial score (nSPS) is 14.0. The molecule has 0 saturated carbocycles. The van der Waals surface area contributed by atoms with Crippen molar-refractivity contribution in [2.24, 2.45) is 7.05 Å². The highest BCUT2D eigenvalue weighted by atomic mass is 35.5. The lowest BCUT2D eigenvalue weighted by molar-refractivity contribution is 0.0712. The predicted molar refractivity (Wildman–Crippen MR) is 367 cm³/mol. The number of hydrogen-bond acceptors (Lipinski definition) is 15. The molecular weight excluding hydrogens is 1260 g/mol. The lowest BCUT2D eigenvalue weighted by Gasteiger charge is -2.37. The number of halogens is 3. The highest BCUT2D eigenvalue weighted by Gasteiger charge is 2.31. The fourth-order valence-electron chi connectivity index (χ4n) is 12.5. The van der Waals surface area contributed by atoms with Crippen LogP contribution < -0.4 is 31.4 Å². The summed E-state index contributed by atoms with van der Waals surface area (Å²) in [5.41, 5.74) is 5.19. The van der Waals surface area contributed by atoms with Crippen LogP contribution in [0.3, 0.4) is 0 Å². The number of fused-ring (bicyclic) bond motifs is 3. The quantitative estimate of drug-likeness (QED) is 0.120. The second-order valence-corrected chi connectivity index (χ2v) is 24.4. The molecule has 5 aromatic heterocycles. The summed E-state index contributed by atoms with van der Waals surface area (Å²) in [5.74, 6) is -0.381. The number of pyridine rings is 3. The van der Waals surface area contributed by atoms with Crippen molar-refractivity contribution in [3.05, 3.63) is 232 Å². The molecule has 10 aromatic rings. The zero-order chi connectivity index (χ0) is 67.7. The van der Waals surface area contributed by atoms with Crippen LogP contribution in [0.25, 0.3) is 32.7 Å². The molecule has 3 fully saturated rings. The number of aromatic nitrogens is 5. The van der Waals surface area contributed by atoms with Crippen LogP contribution in [0.1, 0.15) is 60.1 Å². The average Bonchev–Trinajstić information content (AvgIpc) is 0.839. The first kappa shape index (κ1) is 66.4. The average molecular weight is 1330 g/mol. The molecule has 1 N–H and O–H groups in total. The van der Waals surface area contributed by atoms with Gasteiger partial charge in [0.25, 0.3) is 34.4 Å². The minimum absolute atomic E-state index is 0.0632. The van der Waals surface area contributed by atoms with E-state index in [4.69, 9.17) is 27.6 Å². The van der Waals surface area contributed by atoms with Gasteiger partial charge in [-0.2, -0.15) is 20.9 Å². The number of H-pyrrole nitrogens is 1. The van der Waals surface area contributed by atoms with Gasteiger partial charge in [0.2, 0.25) is 0 Å². The summed E-state index contributed by atoms with van der Waals surface area (Å²) in [7, 11) is 5.65. The molecule has 8 heterocycles. The number of rotatable bonds is 12. The zero-order valence-corrected chi connectivity index (χ0v) is 54.4. The number of aromatic amines is 1. The molecule has 3 amide bonds. The number of anilines is 3. The number of benzene rings is 5. The van der Waals surface area contributed by atoms with Crippen LogP contribution in [0, 0.1) is 39.8 Å². The van der Waals surface area contributed by atoms with Crippen LogP contribution in [0.5, 0.6) is 0 Å². The minimum Gasteiger partial charge on any atom is -0.459 e. The number of para-hydroxylation sites is 2. The Morgan fingerprint density at radius 1 is 0.562 bits per heavy atom. The highest BCUT2D eigenvalue weighted by Crippen LogP contribution is 2.34. The largest absolute Gasteiger partial charge is 0.459 e. The van der Waals surface area contributed by atoms with Gasteiger partial charge in [-0.3, -0.25) is 33.9 Å². The van der Waals surface area contributed by atoms with E-state index < -0.39 is 5.56 Å². The summed E-state index contributed by atoms with van der Waals surface area (Å²) >= 11 is 12.3. The third kappa shape index (κ3) is 13.9. The Bertz CT molecular complexity index is 4860. The Labute approximate surface area is 561 Å². The topological polar surface area (TPSA) is 253 Å². The van der Waals surface area contributed by atoms with Crippen LogP contribution in [0.4, 0.5) is 21.5 Å². The van der Waals surface area contributed by atoms with Crippen molar-refractivity contribution in [1.82, 2.24) is 43.5 Å². The summed E-state index contributed by atoms with van der Waals surface area (Å²) in [4.78, 5) is 90.8. The van der Waals surface area contributed by atoms with E-state index >= 15 is 0 Å². The van der Waals surface area contributed by atoms with E-state index in [2.05, 4.69) is 33.3 Å². The molecule has 13 rings (SSSR count). The Morgan fingerprint density at radius 2 is 1.06 bits per heavy atom. The number of aryl methyl sites for hydroxylation is 2. The van der Waals surface area contributed by atoms with Crippen molar-refractivity contribution < 1.29 is 23.2 Å². The monoisotopic (exact) mass is 1330 g/mol. The van der Waals surface area contributed by atoms with E-state index in [1.807, 2.05) is 89.5 Å². The van der Waals surface area contributed by atoms with E-state index in [0.29, 0.717) is 135 Å². The lowest BCUT2D eigenvalue weighted by atomic mass is 10.1. The van der Waals surface area contributed by atoms with E-state index in [-0.39, 0.29) is 57.9 Å². The molecule has 5 aromatic carbocycles. The van der Waals surface area contributed by atoms with Gasteiger partial charge in [0.1, 0.15) is 46.4 Å². The first-order valence-corrected chi connectivity index (χ1v) is 31.9. The summed E-state index contributed by atoms with van der Waals surface area (Å²) in [5, 5.41) is 39.6. The third-order valence-corrected chi connectivity index (χ3v) is 17.9. The molecule has 0 atom stereocenters. The SMILES string of the molecule is CN(C)CCCn1c(=O)c(C#N)c(N2CCN(C(=O)c3ccco3)CC2)c2cc(Cl)ccc21.Cn1c(=O)c(C#N)c(N2CCN(C(=O)c3ccn[nH]3)CC2)c2ccccc21.N#Cc1c(N2CCN(C(=O)c3ccc(Cl)cc3)CC2)c2ccccc2n(Cc2ccc(F)cc2)c1=O. The fourth-order valence-corrected chi connectivity index (χ4v) is 12.8. The van der Waals surface area contributed by atoms with Crippen molar-refractivity contribution in [1.29, 1.82) is 15.8 Å². The smallest absolute Gasteiger partial charge is 0.289 e. The van der Waals surface area contributed by atoms with E-state index in [1.54, 1.807) is 97.7 Å². The number of carbonyl (C=O) groups excluding carboxylic acids is 3. The molecule has 96 heavy (non-hydrogen) atoms. The first-order valence-electron chi connectivity index (χ1n) is 31.1. The number of hydrogen-bond donors (Lipinski definition) is 1. The van der Waals surface area contributed by atoms with Crippen LogP contribution in [-0.4, -0.2) is 160 Å². The second kappa shape index (κ2) is 29.5. The van der Waals surface area contributed by atoms with Gasteiger partial charge in [-0.25, -0.2) is 4.39 Å². The highest BCUT2D eigenvalue weighted by molar-refractivity contribution is 6.31. The van der Waals surface area contributed by atoms with Crippen LogP contribution in [-0.2, 0) is 20.1 Å². The van der Waals surface area contributed by atoms with Gasteiger partial charge in [0, 0.05) is 130 Å². The standard InChI is InChI=1S/C28H22ClFN4O2.C24H26ClN5O3.C19H18N6O2/c29-21-9-7-20(8-10-21)27(35)33-15-13-32(14-16-33)26-23-3-1-2-4-25(23)34(28(36)24(26)17-31)18-19-5-11-22(30)12-6-19;1-27(2)8-4-9-30-20-7-6-17(25)15-18(20)22(19(16-26)23(30)31)28-10-12-29(13-11-28)24(32)21-5-3-14-33-21;1-23-16-5-3-2-4-13(16)17(14(12-20)18(23)26)24-8-10-25(11-9-24)19(27)15-6-7-21-22-15/h1-12H,13-16,18H2;3,5-7,14-15H,4,8-13H2,1-2H3;2-7H,8-11H2,1H3,(H,21,22). The van der Waals surface area contributed by atoms with Crippen molar-refractivity contribution in [3.8, 4) is 18.2 Å². The minimum atomic E-state index is -0.393. The Hall–Kier alpha value is -11.0. The summed E-state index contributed by atoms with van der Waals surface area (Å²) in [6.45, 7) is 7.45. The third-order valence-electron chi connectivity index (χ3n) is 17.4. The second-order valence-electron chi connectivity index (χ2n) is 23.5. The number of amides is 3. The van der Waals surface area contributed by atoms with E-state index in [0.717, 1.165) is 45.7 Å². The fraction of sp³-hybridized carbons (Fsp3) is 0.268. The van der Waals surface area contributed by atoms with Crippen LogP contribution >= 0.6 is 23.2 Å². The Balaban J connectivity index is 0.000000148. The number of carbonyl (C=O) groups is 3. The van der Waals surface area contributed by atoms with Crippen LogP contribution in [0.15, 0.2) is 165 Å².